The van der Waals surface area contributed by atoms with Crippen molar-refractivity contribution in [2.45, 2.75) is 20.3 Å². The number of nitrogens with one attached hydrogen (secondary N) is 1. The zero-order valence-electron chi connectivity index (χ0n) is 10.5. The molecule has 98 valence electrons. The lowest BCUT2D eigenvalue weighted by molar-refractivity contribution is -0.384. The van der Waals surface area contributed by atoms with Gasteiger partial charge in [0.1, 0.15) is 0 Å². The highest BCUT2D eigenvalue weighted by Gasteiger charge is 2.14. The molecule has 0 aliphatic carbocycles. The third kappa shape index (κ3) is 3.53. The number of hydrogen-bond acceptors (Lipinski definition) is 4. The minimum absolute atomic E-state index is 0.0144. The molecule has 0 saturated carbocycles. The van der Waals surface area contributed by atoms with E-state index >= 15 is 0 Å². The monoisotopic (exact) mass is 251 g/mol. The summed E-state index contributed by atoms with van der Waals surface area (Å²) in [6, 6.07) is 4.35. The van der Waals surface area contributed by atoms with Gasteiger partial charge < -0.3 is 11.1 Å². The molecule has 6 nitrogen and oxygen atoms in total. The summed E-state index contributed by atoms with van der Waals surface area (Å²) in [6.07, 6.45) is 0.609. The molecule has 3 N–H and O–H groups in total. The van der Waals surface area contributed by atoms with Gasteiger partial charge in [0.15, 0.2) is 0 Å². The molecule has 1 aromatic rings. The second-order valence-corrected chi connectivity index (χ2v) is 4.22. The van der Waals surface area contributed by atoms with Gasteiger partial charge in [0.25, 0.3) is 5.69 Å². The van der Waals surface area contributed by atoms with Crippen LogP contribution in [0.3, 0.4) is 0 Å². The quantitative estimate of drug-likeness (QED) is 0.616. The molecule has 18 heavy (non-hydrogen) atoms. The van der Waals surface area contributed by atoms with Gasteiger partial charge in [-0.2, -0.15) is 0 Å². The Hall–Kier alpha value is -1.95. The van der Waals surface area contributed by atoms with Crippen molar-refractivity contribution in [1.82, 2.24) is 0 Å². The molecule has 0 aliphatic rings. The van der Waals surface area contributed by atoms with E-state index in [0.717, 1.165) is 0 Å². The van der Waals surface area contributed by atoms with Crippen LogP contribution in [0.1, 0.15) is 18.9 Å². The summed E-state index contributed by atoms with van der Waals surface area (Å²) in [6.45, 7) is 3.97. The van der Waals surface area contributed by atoms with Crippen molar-refractivity contribution in [3.8, 4) is 0 Å². The number of nitro benzene ring substituents is 1. The van der Waals surface area contributed by atoms with Gasteiger partial charge in [0.2, 0.25) is 5.91 Å². The molecule has 0 fully saturated rings. The van der Waals surface area contributed by atoms with Gasteiger partial charge in [0.05, 0.1) is 4.92 Å². The van der Waals surface area contributed by atoms with Gasteiger partial charge in [-0.3, -0.25) is 14.9 Å². The first-order chi connectivity index (χ1) is 8.45. The fourth-order valence-corrected chi connectivity index (χ4v) is 1.54. The van der Waals surface area contributed by atoms with Crippen molar-refractivity contribution >= 4 is 17.3 Å². The van der Waals surface area contributed by atoms with E-state index in [-0.39, 0.29) is 17.5 Å². The zero-order valence-corrected chi connectivity index (χ0v) is 10.5. The maximum atomic E-state index is 11.8. The normalized spacial score (nSPS) is 11.9. The SMILES string of the molecule is Cc1cc([N+](=O)[O-])ccc1NC(=O)C(C)CCN. The number of non-ortho nitro benzene ring substituents is 1. The molecule has 1 aromatic carbocycles. The van der Waals surface area contributed by atoms with Crippen LogP contribution in [-0.2, 0) is 4.79 Å². The standard InChI is InChI=1S/C12H17N3O3/c1-8(5-6-13)12(16)14-11-4-3-10(15(17)18)7-9(11)2/h3-4,7-8H,5-6,13H2,1-2H3,(H,14,16). The van der Waals surface area contributed by atoms with Crippen LogP contribution < -0.4 is 11.1 Å². The molecule has 0 aromatic heterocycles. The molecule has 1 amide bonds. The number of nitro groups is 1. The van der Waals surface area contributed by atoms with Gasteiger partial charge in [-0.25, -0.2) is 0 Å². The molecule has 1 atom stereocenters. The number of hydrogen-bond donors (Lipinski definition) is 2. The van der Waals surface area contributed by atoms with Crippen LogP contribution >= 0.6 is 0 Å². The number of nitrogens with two attached hydrogens (primary N) is 1. The maximum absolute atomic E-state index is 11.8. The van der Waals surface area contributed by atoms with Gasteiger partial charge >= 0.3 is 0 Å². The summed E-state index contributed by atoms with van der Waals surface area (Å²) in [5.74, 6) is -0.304. The smallest absolute Gasteiger partial charge is 0.269 e. The molecule has 6 heteroatoms. The molecular weight excluding hydrogens is 234 g/mol. The van der Waals surface area contributed by atoms with E-state index in [9.17, 15) is 14.9 Å². The van der Waals surface area contributed by atoms with E-state index in [1.165, 1.54) is 12.1 Å². The number of anilines is 1. The summed E-state index contributed by atoms with van der Waals surface area (Å²) >= 11 is 0. The Morgan fingerprint density at radius 3 is 2.72 bits per heavy atom. The molecule has 0 aliphatic heterocycles. The van der Waals surface area contributed by atoms with Crippen molar-refractivity contribution in [3.05, 3.63) is 33.9 Å². The summed E-state index contributed by atoms with van der Waals surface area (Å²) in [5, 5.41) is 13.3. The van der Waals surface area contributed by atoms with E-state index in [2.05, 4.69) is 5.32 Å². The van der Waals surface area contributed by atoms with Crippen molar-refractivity contribution in [3.63, 3.8) is 0 Å². The molecule has 1 unspecified atom stereocenters. The van der Waals surface area contributed by atoms with Crippen LogP contribution in [0, 0.1) is 23.0 Å². The Labute approximate surface area is 105 Å². The lowest BCUT2D eigenvalue weighted by atomic mass is 10.1. The molecule has 0 bridgehead atoms. The average Bonchev–Trinajstić information content (AvgIpc) is 2.31. The minimum Gasteiger partial charge on any atom is -0.330 e. The Bertz CT molecular complexity index is 460. The largest absolute Gasteiger partial charge is 0.330 e. The Kier molecular flexibility index (Phi) is 4.79. The Balaban J connectivity index is 2.79. The second kappa shape index (κ2) is 6.11. The molecule has 0 heterocycles. The third-order valence-corrected chi connectivity index (χ3v) is 2.73. The number of nitrogens with zero attached hydrogens (tertiary/aromatic N) is 1. The molecule has 0 saturated heterocycles. The first-order valence-corrected chi connectivity index (χ1v) is 5.71. The molecule has 0 spiro atoms. The van der Waals surface area contributed by atoms with Crippen LogP contribution in [0.5, 0.6) is 0 Å². The number of carbonyl (C=O) groups excluding carboxylic acids is 1. The topological polar surface area (TPSA) is 98.3 Å². The van der Waals surface area contributed by atoms with E-state index < -0.39 is 4.92 Å². The fourth-order valence-electron chi connectivity index (χ4n) is 1.54. The molecule has 0 radical (unpaired) electrons. The van der Waals surface area contributed by atoms with Gasteiger partial charge in [0, 0.05) is 23.7 Å². The van der Waals surface area contributed by atoms with Crippen LogP contribution in [0.15, 0.2) is 18.2 Å². The first kappa shape index (κ1) is 14.1. The van der Waals surface area contributed by atoms with Crippen LogP contribution in [0.25, 0.3) is 0 Å². The molecule has 1 rings (SSSR count). The van der Waals surface area contributed by atoms with Gasteiger partial charge in [-0.05, 0) is 31.5 Å². The Morgan fingerprint density at radius 1 is 1.56 bits per heavy atom. The second-order valence-electron chi connectivity index (χ2n) is 4.22. The summed E-state index contributed by atoms with van der Waals surface area (Å²) < 4.78 is 0. The van der Waals surface area contributed by atoms with Crippen molar-refractivity contribution in [2.24, 2.45) is 11.7 Å². The number of benzene rings is 1. The average molecular weight is 251 g/mol. The highest BCUT2D eigenvalue weighted by Crippen LogP contribution is 2.21. The number of amides is 1. The highest BCUT2D eigenvalue weighted by molar-refractivity contribution is 5.93. The maximum Gasteiger partial charge on any atom is 0.269 e. The number of carbonyl (C=O) groups is 1. The van der Waals surface area contributed by atoms with Gasteiger partial charge in [-0.15, -0.1) is 0 Å². The summed E-state index contributed by atoms with van der Waals surface area (Å²) in [4.78, 5) is 21.9. The van der Waals surface area contributed by atoms with Crippen molar-refractivity contribution < 1.29 is 9.72 Å². The minimum atomic E-state index is -0.463. The van der Waals surface area contributed by atoms with Gasteiger partial charge in [-0.1, -0.05) is 6.92 Å². The summed E-state index contributed by atoms with van der Waals surface area (Å²) in [5.41, 5.74) is 6.66. The predicted octanol–water partition coefficient (Wildman–Crippen LogP) is 1.83. The number of rotatable bonds is 5. The number of aryl methyl sites for hydroxylation is 1. The predicted molar refractivity (Wildman–Crippen MR) is 69.3 cm³/mol. The lowest BCUT2D eigenvalue weighted by Gasteiger charge is -2.12. The van der Waals surface area contributed by atoms with E-state index in [1.54, 1.807) is 19.9 Å². The zero-order chi connectivity index (χ0) is 13.7. The summed E-state index contributed by atoms with van der Waals surface area (Å²) in [7, 11) is 0. The Morgan fingerprint density at radius 2 is 2.22 bits per heavy atom. The van der Waals surface area contributed by atoms with E-state index in [4.69, 9.17) is 5.73 Å². The van der Waals surface area contributed by atoms with E-state index in [0.29, 0.717) is 24.2 Å². The van der Waals surface area contributed by atoms with Crippen molar-refractivity contribution in [2.75, 3.05) is 11.9 Å². The fraction of sp³-hybridized carbons (Fsp3) is 0.417. The third-order valence-electron chi connectivity index (χ3n) is 2.73. The van der Waals surface area contributed by atoms with Crippen LogP contribution in [0.2, 0.25) is 0 Å². The molecular formula is C12H17N3O3. The van der Waals surface area contributed by atoms with Crippen molar-refractivity contribution in [1.29, 1.82) is 0 Å². The highest BCUT2D eigenvalue weighted by atomic mass is 16.6. The lowest BCUT2D eigenvalue weighted by Crippen LogP contribution is -2.23. The van der Waals surface area contributed by atoms with Crippen LogP contribution in [0.4, 0.5) is 11.4 Å². The van der Waals surface area contributed by atoms with Crippen LogP contribution in [-0.4, -0.2) is 17.4 Å². The first-order valence-electron chi connectivity index (χ1n) is 5.71. The van der Waals surface area contributed by atoms with E-state index in [1.807, 2.05) is 0 Å².